The fourth-order valence-corrected chi connectivity index (χ4v) is 4.92. The summed E-state index contributed by atoms with van der Waals surface area (Å²) in [6.07, 6.45) is 3.91. The highest BCUT2D eigenvalue weighted by atomic mass is 32.2. The second kappa shape index (κ2) is 14.5. The van der Waals surface area contributed by atoms with Gasteiger partial charge in [0.25, 0.3) is 0 Å². The van der Waals surface area contributed by atoms with Crippen LogP contribution in [-0.4, -0.2) is 57.6 Å². The first-order chi connectivity index (χ1) is 17.2. The molecule has 2 aromatic rings. The smallest absolute Gasteiger partial charge is 0.242 e. The molecule has 9 heteroatoms. The van der Waals surface area contributed by atoms with Crippen molar-refractivity contribution in [2.75, 3.05) is 30.8 Å². The van der Waals surface area contributed by atoms with Crippen LogP contribution in [-0.2, 0) is 26.2 Å². The van der Waals surface area contributed by atoms with E-state index in [1.165, 1.54) is 4.31 Å². The van der Waals surface area contributed by atoms with Crippen LogP contribution in [0.1, 0.15) is 51.5 Å². The van der Waals surface area contributed by atoms with Crippen LogP contribution in [0.2, 0.25) is 0 Å². The van der Waals surface area contributed by atoms with E-state index in [0.29, 0.717) is 30.8 Å². The van der Waals surface area contributed by atoms with Crippen molar-refractivity contribution in [1.29, 1.82) is 0 Å². The molecule has 2 rings (SSSR count). The minimum Gasteiger partial charge on any atom is -0.497 e. The summed E-state index contributed by atoms with van der Waals surface area (Å²) in [5, 5.41) is 2.95. The van der Waals surface area contributed by atoms with Crippen molar-refractivity contribution in [2.24, 2.45) is 0 Å². The van der Waals surface area contributed by atoms with Gasteiger partial charge in [-0.15, -0.1) is 0 Å². The van der Waals surface area contributed by atoms with Crippen molar-refractivity contribution in [3.05, 3.63) is 60.2 Å². The lowest BCUT2D eigenvalue weighted by Gasteiger charge is -2.31. The van der Waals surface area contributed by atoms with Crippen LogP contribution in [0.4, 0.5) is 5.69 Å². The largest absolute Gasteiger partial charge is 0.497 e. The molecule has 0 aliphatic heterocycles. The summed E-state index contributed by atoms with van der Waals surface area (Å²) in [7, 11) is -1.92. The summed E-state index contributed by atoms with van der Waals surface area (Å²) in [6.45, 7) is 4.95. The fraction of sp³-hybridized carbons (Fsp3) is 0.481. The summed E-state index contributed by atoms with van der Waals surface area (Å²) in [5.41, 5.74) is 1.44. The summed E-state index contributed by atoms with van der Waals surface area (Å²) in [5.74, 6) is 0.349. The van der Waals surface area contributed by atoms with E-state index >= 15 is 0 Å². The predicted molar refractivity (Wildman–Crippen MR) is 143 cm³/mol. The number of nitrogens with zero attached hydrogens (tertiary/aromatic N) is 2. The van der Waals surface area contributed by atoms with E-state index in [1.54, 1.807) is 36.3 Å². The van der Waals surface area contributed by atoms with Crippen LogP contribution in [0.25, 0.3) is 0 Å². The van der Waals surface area contributed by atoms with Crippen LogP contribution in [0.3, 0.4) is 0 Å². The van der Waals surface area contributed by atoms with E-state index < -0.39 is 16.1 Å². The number of amides is 2. The van der Waals surface area contributed by atoms with Crippen LogP contribution >= 0.6 is 0 Å². The van der Waals surface area contributed by atoms with E-state index in [1.807, 2.05) is 37.3 Å². The van der Waals surface area contributed by atoms with Gasteiger partial charge in [0.1, 0.15) is 11.8 Å². The van der Waals surface area contributed by atoms with Crippen LogP contribution < -0.4 is 14.4 Å². The summed E-state index contributed by atoms with van der Waals surface area (Å²) >= 11 is 0. The molecule has 2 amide bonds. The molecule has 0 radical (unpaired) electrons. The predicted octanol–water partition coefficient (Wildman–Crippen LogP) is 3.97. The number of anilines is 1. The van der Waals surface area contributed by atoms with Gasteiger partial charge in [0.05, 0.1) is 19.1 Å². The normalized spacial score (nSPS) is 12.0. The third kappa shape index (κ3) is 8.86. The van der Waals surface area contributed by atoms with Crippen LogP contribution in [0, 0.1) is 0 Å². The molecule has 8 nitrogen and oxygen atoms in total. The molecule has 1 N–H and O–H groups in total. The summed E-state index contributed by atoms with van der Waals surface area (Å²) in [4.78, 5) is 28.0. The van der Waals surface area contributed by atoms with Crippen molar-refractivity contribution >= 4 is 27.5 Å². The highest BCUT2D eigenvalue weighted by molar-refractivity contribution is 7.92. The standard InChI is InChI=1S/C27H39N3O5S/c1-5-7-19-28-27(32)25(6-2)29(21-22-15-17-24(35-3)18-16-22)26(31)14-11-20-30(36(4,33)34)23-12-9-8-10-13-23/h8-10,12-13,15-18,25H,5-7,11,14,19-21H2,1-4H3,(H,28,32). The number of carbonyl (C=O) groups is 2. The van der Waals surface area contributed by atoms with Gasteiger partial charge in [-0.3, -0.25) is 13.9 Å². The number of nitrogens with one attached hydrogen (secondary N) is 1. The Hall–Kier alpha value is -3.07. The first-order valence-corrected chi connectivity index (χ1v) is 14.3. The Morgan fingerprint density at radius 3 is 2.22 bits per heavy atom. The molecule has 0 bridgehead atoms. The van der Waals surface area contributed by atoms with Gasteiger partial charge in [0, 0.05) is 26.1 Å². The van der Waals surface area contributed by atoms with Gasteiger partial charge in [-0.2, -0.15) is 0 Å². The van der Waals surface area contributed by atoms with Crippen molar-refractivity contribution in [2.45, 2.75) is 58.5 Å². The number of sulfonamides is 1. The van der Waals surface area contributed by atoms with Crippen molar-refractivity contribution < 1.29 is 22.7 Å². The molecule has 0 fully saturated rings. The third-order valence-corrected chi connectivity index (χ3v) is 7.12. The van der Waals surface area contributed by atoms with Gasteiger partial charge in [-0.25, -0.2) is 8.42 Å². The van der Waals surface area contributed by atoms with Gasteiger partial charge >= 0.3 is 0 Å². The number of para-hydroxylation sites is 1. The average molecular weight is 518 g/mol. The number of rotatable bonds is 15. The molecule has 0 heterocycles. The molecule has 0 aliphatic carbocycles. The number of hydrogen-bond acceptors (Lipinski definition) is 5. The molecule has 1 unspecified atom stereocenters. The summed E-state index contributed by atoms with van der Waals surface area (Å²) < 4.78 is 31.3. The molecule has 198 valence electrons. The molecule has 0 saturated heterocycles. The van der Waals surface area contributed by atoms with E-state index in [2.05, 4.69) is 12.2 Å². The molecule has 1 atom stereocenters. The maximum atomic E-state index is 13.4. The average Bonchev–Trinajstić information content (AvgIpc) is 2.86. The van der Waals surface area contributed by atoms with E-state index in [9.17, 15) is 18.0 Å². The second-order valence-corrected chi connectivity index (χ2v) is 10.6. The molecule has 2 aromatic carbocycles. The number of carbonyl (C=O) groups excluding carboxylic acids is 2. The SMILES string of the molecule is CCCCNC(=O)C(CC)N(Cc1ccc(OC)cc1)C(=O)CCCN(c1ccccc1)S(C)(=O)=O. The lowest BCUT2D eigenvalue weighted by atomic mass is 10.1. The minimum absolute atomic E-state index is 0.119. The quantitative estimate of drug-likeness (QED) is 0.361. The Labute approximate surface area is 215 Å². The first kappa shape index (κ1) is 29.2. The third-order valence-electron chi connectivity index (χ3n) is 5.92. The van der Waals surface area contributed by atoms with Crippen molar-refractivity contribution in [3.63, 3.8) is 0 Å². The number of benzene rings is 2. The lowest BCUT2D eigenvalue weighted by molar-refractivity contribution is -0.141. The van der Waals surface area contributed by atoms with Crippen molar-refractivity contribution in [3.8, 4) is 5.75 Å². The Morgan fingerprint density at radius 2 is 1.67 bits per heavy atom. The Balaban J connectivity index is 2.18. The van der Waals surface area contributed by atoms with E-state index in [-0.39, 0.29) is 31.3 Å². The molecule has 0 saturated carbocycles. The van der Waals surface area contributed by atoms with Crippen LogP contribution in [0.15, 0.2) is 54.6 Å². The fourth-order valence-electron chi connectivity index (χ4n) is 3.95. The van der Waals surface area contributed by atoms with Crippen molar-refractivity contribution in [1.82, 2.24) is 10.2 Å². The van der Waals surface area contributed by atoms with E-state index in [4.69, 9.17) is 4.74 Å². The zero-order valence-electron chi connectivity index (χ0n) is 21.8. The Kier molecular flexibility index (Phi) is 11.7. The zero-order chi connectivity index (χ0) is 26.6. The van der Waals surface area contributed by atoms with Gasteiger partial charge in [0.15, 0.2) is 0 Å². The highest BCUT2D eigenvalue weighted by Gasteiger charge is 2.28. The van der Waals surface area contributed by atoms with E-state index in [0.717, 1.165) is 24.7 Å². The number of unbranched alkanes of at least 4 members (excludes halogenated alkanes) is 1. The van der Waals surface area contributed by atoms with Gasteiger partial charge in [-0.05, 0) is 49.1 Å². The second-order valence-electron chi connectivity index (χ2n) is 8.71. The Bertz CT molecular complexity index is 1060. The molecule has 0 spiro atoms. The maximum Gasteiger partial charge on any atom is 0.242 e. The first-order valence-electron chi connectivity index (χ1n) is 12.4. The van der Waals surface area contributed by atoms with Gasteiger partial charge in [0.2, 0.25) is 21.8 Å². The molecular formula is C27H39N3O5S. The lowest BCUT2D eigenvalue weighted by Crippen LogP contribution is -2.49. The number of methoxy groups -OCH3 is 1. The maximum absolute atomic E-state index is 13.4. The zero-order valence-corrected chi connectivity index (χ0v) is 22.6. The number of ether oxygens (including phenoxy) is 1. The summed E-state index contributed by atoms with van der Waals surface area (Å²) in [6, 6.07) is 15.6. The monoisotopic (exact) mass is 517 g/mol. The Morgan fingerprint density at radius 1 is 1.00 bits per heavy atom. The molecular weight excluding hydrogens is 478 g/mol. The highest BCUT2D eigenvalue weighted by Crippen LogP contribution is 2.20. The molecule has 0 aromatic heterocycles. The molecule has 36 heavy (non-hydrogen) atoms. The molecule has 0 aliphatic rings. The topological polar surface area (TPSA) is 96.0 Å². The van der Waals surface area contributed by atoms with Crippen LogP contribution in [0.5, 0.6) is 5.75 Å². The number of hydrogen-bond donors (Lipinski definition) is 1. The van der Waals surface area contributed by atoms with Gasteiger partial charge in [-0.1, -0.05) is 50.6 Å². The minimum atomic E-state index is -3.51. The van der Waals surface area contributed by atoms with Gasteiger partial charge < -0.3 is 15.0 Å².